The normalized spacial score (nSPS) is 14.3. The first-order chi connectivity index (χ1) is 49.7. The highest BCUT2D eigenvalue weighted by Crippen LogP contribution is 2.45. The molecule has 0 amide bonds. The second kappa shape index (κ2) is 75.5. The lowest BCUT2D eigenvalue weighted by molar-refractivity contribution is -0.161. The number of hydrogen-bond acceptors (Lipinski definition) is 15. The molecule has 0 spiro atoms. The summed E-state index contributed by atoms with van der Waals surface area (Å²) in [6, 6.07) is 0. The predicted molar refractivity (Wildman–Crippen MR) is 418 cm³/mol. The van der Waals surface area contributed by atoms with Crippen LogP contribution in [0.2, 0.25) is 0 Å². The molecule has 0 aliphatic heterocycles. The van der Waals surface area contributed by atoms with E-state index in [9.17, 15) is 43.2 Å². The number of aliphatic hydroxyl groups excluding tert-OH is 1. The van der Waals surface area contributed by atoms with Crippen LogP contribution in [0, 0.1) is 0 Å². The molecule has 0 fully saturated rings. The number of phosphoric ester groups is 2. The van der Waals surface area contributed by atoms with Gasteiger partial charge in [-0.15, -0.1) is 0 Å². The van der Waals surface area contributed by atoms with E-state index in [0.29, 0.717) is 25.7 Å². The fourth-order valence-electron chi connectivity index (χ4n) is 11.0. The lowest BCUT2D eigenvalue weighted by Crippen LogP contribution is -2.30. The molecule has 0 radical (unpaired) electrons. The predicted octanol–water partition coefficient (Wildman–Crippen LogP) is 23.8. The fourth-order valence-corrected chi connectivity index (χ4v) is 12.6. The fraction of sp³-hybridized carbons (Fsp3) is 0.783. The molecule has 0 saturated carbocycles. The first-order valence-corrected chi connectivity index (χ1v) is 43.8. The summed E-state index contributed by atoms with van der Waals surface area (Å²) in [7, 11) is -9.96. The van der Waals surface area contributed by atoms with Crippen molar-refractivity contribution in [1.82, 2.24) is 0 Å². The Morgan fingerprint density at radius 3 is 0.804 bits per heavy atom. The van der Waals surface area contributed by atoms with E-state index < -0.39 is 97.5 Å². The minimum Gasteiger partial charge on any atom is -0.462 e. The number of allylic oxidation sites excluding steroid dienone is 14. The molecule has 0 aromatic heterocycles. The second-order valence-electron chi connectivity index (χ2n) is 27.3. The molecule has 0 aromatic carbocycles. The Morgan fingerprint density at radius 2 is 0.500 bits per heavy atom. The average Bonchev–Trinajstić information content (AvgIpc) is 0.920. The molecule has 17 nitrogen and oxygen atoms in total. The van der Waals surface area contributed by atoms with Crippen molar-refractivity contribution in [2.45, 2.75) is 380 Å². The molecule has 3 N–H and O–H groups in total. The summed E-state index contributed by atoms with van der Waals surface area (Å²) >= 11 is 0. The second-order valence-corrected chi connectivity index (χ2v) is 30.3. The van der Waals surface area contributed by atoms with E-state index in [4.69, 9.17) is 37.0 Å². The van der Waals surface area contributed by atoms with Crippen LogP contribution in [0.3, 0.4) is 0 Å². The van der Waals surface area contributed by atoms with E-state index in [-0.39, 0.29) is 25.7 Å². The van der Waals surface area contributed by atoms with Gasteiger partial charge in [-0.3, -0.25) is 37.3 Å². The number of carbonyl (C=O) groups is 4. The highest BCUT2D eigenvalue weighted by atomic mass is 31.2. The van der Waals surface area contributed by atoms with Crippen LogP contribution < -0.4 is 0 Å². The molecule has 0 rings (SSSR count). The molecule has 592 valence electrons. The largest absolute Gasteiger partial charge is 0.472 e. The van der Waals surface area contributed by atoms with Gasteiger partial charge >= 0.3 is 39.5 Å². The molecule has 5 unspecified atom stereocenters. The summed E-state index contributed by atoms with van der Waals surface area (Å²) in [6.45, 7) is 4.78. The first kappa shape index (κ1) is 98.2. The summed E-state index contributed by atoms with van der Waals surface area (Å²) in [5, 5.41) is 10.6. The zero-order valence-electron chi connectivity index (χ0n) is 64.8. The van der Waals surface area contributed by atoms with Gasteiger partial charge in [-0.2, -0.15) is 0 Å². The summed E-state index contributed by atoms with van der Waals surface area (Å²) in [6.07, 6.45) is 78.4. The average molecular weight is 1480 g/mol. The van der Waals surface area contributed by atoms with Crippen molar-refractivity contribution in [2.24, 2.45) is 0 Å². The number of hydrogen-bond donors (Lipinski definition) is 3. The van der Waals surface area contributed by atoms with E-state index in [1.54, 1.807) is 0 Å². The van der Waals surface area contributed by atoms with E-state index in [0.717, 1.165) is 186 Å². The molecule has 0 aliphatic rings. The van der Waals surface area contributed by atoms with Crippen molar-refractivity contribution in [3.63, 3.8) is 0 Å². The van der Waals surface area contributed by atoms with Gasteiger partial charge in [0, 0.05) is 25.7 Å². The van der Waals surface area contributed by atoms with Crippen molar-refractivity contribution in [3.8, 4) is 0 Å². The number of ether oxygens (including phenoxy) is 4. The van der Waals surface area contributed by atoms with Gasteiger partial charge in [-0.1, -0.05) is 280 Å². The number of esters is 4. The molecule has 0 bridgehead atoms. The lowest BCUT2D eigenvalue weighted by Gasteiger charge is -2.21. The van der Waals surface area contributed by atoms with Gasteiger partial charge < -0.3 is 33.8 Å². The monoisotopic (exact) mass is 1480 g/mol. The maximum Gasteiger partial charge on any atom is 0.472 e. The smallest absolute Gasteiger partial charge is 0.462 e. The summed E-state index contributed by atoms with van der Waals surface area (Å²) in [5.41, 5.74) is 0. The number of carbonyl (C=O) groups excluding carboxylic acids is 4. The Labute approximate surface area is 621 Å². The third kappa shape index (κ3) is 74.5. The summed E-state index contributed by atoms with van der Waals surface area (Å²) in [5.74, 6) is -2.20. The van der Waals surface area contributed by atoms with Crippen LogP contribution in [-0.2, 0) is 65.4 Å². The van der Waals surface area contributed by atoms with Gasteiger partial charge in [0.1, 0.15) is 19.3 Å². The molecule has 0 heterocycles. The van der Waals surface area contributed by atoms with Gasteiger partial charge in [0.05, 0.1) is 26.4 Å². The van der Waals surface area contributed by atoms with Gasteiger partial charge in [0.2, 0.25) is 0 Å². The van der Waals surface area contributed by atoms with Crippen molar-refractivity contribution >= 4 is 39.5 Å². The molecule has 19 heteroatoms. The minimum absolute atomic E-state index is 0.0764. The van der Waals surface area contributed by atoms with Gasteiger partial charge in [0.25, 0.3) is 0 Å². The lowest BCUT2D eigenvalue weighted by atomic mass is 10.1. The Morgan fingerprint density at radius 1 is 0.275 bits per heavy atom. The van der Waals surface area contributed by atoms with Crippen LogP contribution in [0.25, 0.3) is 0 Å². The third-order valence-electron chi connectivity index (χ3n) is 17.3. The van der Waals surface area contributed by atoms with Crippen LogP contribution in [0.4, 0.5) is 0 Å². The number of rotatable bonds is 77. The molecular formula is C83H148O17P2. The van der Waals surface area contributed by atoms with Crippen molar-refractivity contribution in [3.05, 3.63) is 85.1 Å². The van der Waals surface area contributed by atoms with Crippen LogP contribution >= 0.6 is 15.6 Å². The third-order valence-corrected chi connectivity index (χ3v) is 19.2. The Kier molecular flexibility index (Phi) is 72.7. The highest BCUT2D eigenvalue weighted by Gasteiger charge is 2.30. The first-order valence-electron chi connectivity index (χ1n) is 40.8. The maximum absolute atomic E-state index is 13.1. The van der Waals surface area contributed by atoms with Gasteiger partial charge in [-0.25, -0.2) is 9.13 Å². The molecule has 0 aromatic rings. The van der Waals surface area contributed by atoms with Crippen molar-refractivity contribution < 1.29 is 80.2 Å². The van der Waals surface area contributed by atoms with Crippen LogP contribution in [0.1, 0.15) is 362 Å². The molecule has 102 heavy (non-hydrogen) atoms. The molecule has 5 atom stereocenters. The summed E-state index contributed by atoms with van der Waals surface area (Å²) in [4.78, 5) is 73.0. The molecular weight excluding hydrogens is 1330 g/mol. The quantitative estimate of drug-likeness (QED) is 0.0169. The number of aliphatic hydroxyl groups is 1. The SMILES string of the molecule is CCC/C=C\C/C=C\CCCCCCCC(=O)OC(COC(=O)CCCCCCCC/C=C\C/C=C\C/C=C\CCCCC)COP(=O)(O)OCC(O)COP(=O)(O)OCC(COC(=O)CCCCCCC/C=C\CCCCCCCC)OC(=O)CCCCCCC/C=C\CCCCCCCC. The Balaban J connectivity index is 5.35. The van der Waals surface area contributed by atoms with Crippen molar-refractivity contribution in [1.29, 1.82) is 0 Å². The minimum atomic E-state index is -4.98. The van der Waals surface area contributed by atoms with E-state index >= 15 is 0 Å². The van der Waals surface area contributed by atoms with E-state index in [1.807, 2.05) is 0 Å². The van der Waals surface area contributed by atoms with Crippen molar-refractivity contribution in [2.75, 3.05) is 39.6 Å². The van der Waals surface area contributed by atoms with E-state index in [2.05, 4.69) is 113 Å². The number of unbranched alkanes of at least 4 members (excludes halogenated alkanes) is 37. The zero-order chi connectivity index (χ0) is 74.6. The number of phosphoric acid groups is 2. The van der Waals surface area contributed by atoms with Crippen LogP contribution in [0.15, 0.2) is 85.1 Å². The molecule has 0 aliphatic carbocycles. The topological polar surface area (TPSA) is 237 Å². The maximum atomic E-state index is 13.1. The standard InChI is InChI=1S/C83H148O17P2/c1-5-9-13-17-21-25-29-33-36-37-38-39-42-45-48-52-56-60-64-68-81(86)94-73-78(99-82(87)69-65-61-57-53-49-43-32-28-24-20-16-12-8-4)75-97-101(89,90)95-71-77(84)72-96-102(91,92)98-76-79(100-83(88)70-66-62-58-54-50-46-41-35-31-27-23-19-15-11-7-3)74-93-80(85)67-63-59-55-51-47-44-40-34-30-26-22-18-14-10-6-2/h16,20-21,25,28,32-36,38-41,77-79,84H,5-15,17-19,22-24,26-27,29-31,37,42-76H2,1-4H3,(H,89,90)(H,91,92)/b20-16-,25-21-,32-28-,36-33-,39-38-,40-34-,41-35-. The van der Waals surface area contributed by atoms with Crippen LogP contribution in [0.5, 0.6) is 0 Å². The Bertz CT molecular complexity index is 2260. The van der Waals surface area contributed by atoms with Crippen LogP contribution in [-0.4, -0.2) is 96.7 Å². The van der Waals surface area contributed by atoms with E-state index in [1.165, 1.54) is 96.3 Å². The summed E-state index contributed by atoms with van der Waals surface area (Å²) < 4.78 is 68.6. The zero-order valence-corrected chi connectivity index (χ0v) is 66.6. The highest BCUT2D eigenvalue weighted by molar-refractivity contribution is 7.47. The van der Waals surface area contributed by atoms with Gasteiger partial charge in [-0.05, 0) is 141 Å². The Hall–Kier alpha value is -3.76. The van der Waals surface area contributed by atoms with Gasteiger partial charge in [0.15, 0.2) is 12.2 Å². The molecule has 0 saturated heterocycles.